The Bertz CT molecular complexity index is 763. The Balaban J connectivity index is 1.71. The van der Waals surface area contributed by atoms with Gasteiger partial charge >= 0.3 is 0 Å². The first-order valence-corrected chi connectivity index (χ1v) is 8.35. The predicted molar refractivity (Wildman–Crippen MR) is 90.6 cm³/mol. The largest absolute Gasteiger partial charge is 0.293 e. The van der Waals surface area contributed by atoms with Crippen LogP contribution in [0.4, 0.5) is 0 Å². The van der Waals surface area contributed by atoms with E-state index in [2.05, 4.69) is 16.0 Å². The van der Waals surface area contributed by atoms with Crippen LogP contribution in [0.25, 0.3) is 0 Å². The molecule has 0 aliphatic carbocycles. The van der Waals surface area contributed by atoms with E-state index in [4.69, 9.17) is 0 Å². The summed E-state index contributed by atoms with van der Waals surface area (Å²) in [7, 11) is 0. The Morgan fingerprint density at radius 3 is 2.38 bits per heavy atom. The number of hydrazine groups is 1. The standard InChI is InChI=1S/C16H20N4O3S/c1-10-8-11(2)20(19-10)9-16(23)18-17-15(22)7-5-13(21)14-6-4-12(3)24-14/h4,6,8H,5,7,9H2,1-3H3,(H,17,22)(H,18,23). The number of Topliss-reactive ketones (excluding diaryl/α,β-unsaturated/α-hetero) is 1. The maximum Gasteiger partial charge on any atom is 0.260 e. The number of nitrogens with zero attached hydrogens (tertiary/aromatic N) is 2. The molecule has 0 bridgehead atoms. The first-order valence-electron chi connectivity index (χ1n) is 7.53. The van der Waals surface area contributed by atoms with Crippen LogP contribution >= 0.6 is 11.3 Å². The van der Waals surface area contributed by atoms with Crippen LogP contribution in [0.2, 0.25) is 0 Å². The second-order valence-corrected chi connectivity index (χ2v) is 6.80. The van der Waals surface area contributed by atoms with E-state index in [1.165, 1.54) is 11.3 Å². The molecule has 24 heavy (non-hydrogen) atoms. The van der Waals surface area contributed by atoms with Gasteiger partial charge in [0.2, 0.25) is 5.91 Å². The minimum Gasteiger partial charge on any atom is -0.293 e. The normalized spacial score (nSPS) is 10.5. The Morgan fingerprint density at radius 1 is 1.08 bits per heavy atom. The summed E-state index contributed by atoms with van der Waals surface area (Å²) in [5.74, 6) is -0.856. The van der Waals surface area contributed by atoms with Gasteiger partial charge in [-0.3, -0.25) is 29.9 Å². The van der Waals surface area contributed by atoms with Crippen molar-refractivity contribution in [1.82, 2.24) is 20.6 Å². The van der Waals surface area contributed by atoms with Crippen molar-refractivity contribution in [3.63, 3.8) is 0 Å². The number of nitrogens with one attached hydrogen (secondary N) is 2. The minimum atomic E-state index is -0.404. The second kappa shape index (κ2) is 7.87. The Labute approximate surface area is 144 Å². The molecule has 8 heteroatoms. The van der Waals surface area contributed by atoms with Gasteiger partial charge in [0.05, 0.1) is 10.6 Å². The number of ketones is 1. The number of aromatic nitrogens is 2. The zero-order valence-corrected chi connectivity index (χ0v) is 14.7. The van der Waals surface area contributed by atoms with Crippen molar-refractivity contribution in [2.24, 2.45) is 0 Å². The molecule has 2 N–H and O–H groups in total. The lowest BCUT2D eigenvalue weighted by Crippen LogP contribution is -2.43. The quantitative estimate of drug-likeness (QED) is 0.613. The van der Waals surface area contributed by atoms with E-state index in [1.807, 2.05) is 32.9 Å². The van der Waals surface area contributed by atoms with E-state index in [-0.39, 0.29) is 31.1 Å². The molecule has 2 rings (SSSR count). The molecular weight excluding hydrogens is 328 g/mol. The van der Waals surface area contributed by atoms with Crippen LogP contribution in [0.5, 0.6) is 0 Å². The van der Waals surface area contributed by atoms with Gasteiger partial charge in [0.1, 0.15) is 6.54 Å². The number of amides is 2. The van der Waals surface area contributed by atoms with Gasteiger partial charge in [0.25, 0.3) is 5.91 Å². The molecule has 0 spiro atoms. The Hall–Kier alpha value is -2.48. The average molecular weight is 348 g/mol. The highest BCUT2D eigenvalue weighted by Crippen LogP contribution is 2.17. The third-order valence-electron chi connectivity index (χ3n) is 3.33. The fourth-order valence-corrected chi connectivity index (χ4v) is 2.98. The molecule has 0 atom stereocenters. The smallest absolute Gasteiger partial charge is 0.260 e. The molecule has 2 amide bonds. The molecule has 0 radical (unpaired) electrons. The fraction of sp³-hybridized carbons (Fsp3) is 0.375. The van der Waals surface area contributed by atoms with Crippen molar-refractivity contribution in [1.29, 1.82) is 0 Å². The topological polar surface area (TPSA) is 93.1 Å². The lowest BCUT2D eigenvalue weighted by molar-refractivity contribution is -0.129. The molecule has 7 nitrogen and oxygen atoms in total. The lowest BCUT2D eigenvalue weighted by Gasteiger charge is -2.08. The van der Waals surface area contributed by atoms with Gasteiger partial charge in [0, 0.05) is 23.4 Å². The number of carbonyl (C=O) groups excluding carboxylic acids is 3. The highest BCUT2D eigenvalue weighted by atomic mass is 32.1. The second-order valence-electron chi connectivity index (χ2n) is 5.51. The summed E-state index contributed by atoms with van der Waals surface area (Å²) < 4.78 is 1.56. The SMILES string of the molecule is Cc1cc(C)n(CC(=O)NNC(=O)CCC(=O)c2ccc(C)s2)n1. The van der Waals surface area contributed by atoms with Gasteiger partial charge in [-0.05, 0) is 39.0 Å². The van der Waals surface area contributed by atoms with Gasteiger partial charge in [-0.25, -0.2) is 0 Å². The summed E-state index contributed by atoms with van der Waals surface area (Å²) in [6.07, 6.45) is 0.134. The van der Waals surface area contributed by atoms with Gasteiger partial charge in [0.15, 0.2) is 5.78 Å². The van der Waals surface area contributed by atoms with E-state index in [0.29, 0.717) is 4.88 Å². The summed E-state index contributed by atoms with van der Waals surface area (Å²) in [5, 5.41) is 4.17. The summed E-state index contributed by atoms with van der Waals surface area (Å²) in [6, 6.07) is 5.50. The maximum atomic E-state index is 11.9. The number of aryl methyl sites for hydroxylation is 3. The molecule has 2 aromatic rings. The third-order valence-corrected chi connectivity index (χ3v) is 4.37. The van der Waals surface area contributed by atoms with E-state index in [1.54, 1.807) is 10.7 Å². The van der Waals surface area contributed by atoms with Gasteiger partial charge in [-0.1, -0.05) is 0 Å². The fourth-order valence-electron chi connectivity index (χ4n) is 2.15. The molecule has 2 aromatic heterocycles. The number of carbonyl (C=O) groups is 3. The van der Waals surface area contributed by atoms with Crippen molar-refractivity contribution in [3.05, 3.63) is 39.3 Å². The zero-order chi connectivity index (χ0) is 17.7. The van der Waals surface area contributed by atoms with Crippen molar-refractivity contribution < 1.29 is 14.4 Å². The zero-order valence-electron chi connectivity index (χ0n) is 13.9. The van der Waals surface area contributed by atoms with Crippen LogP contribution in [-0.2, 0) is 16.1 Å². The molecule has 0 unspecified atom stereocenters. The number of rotatable bonds is 6. The molecule has 0 aliphatic rings. The van der Waals surface area contributed by atoms with E-state index >= 15 is 0 Å². The van der Waals surface area contributed by atoms with Crippen molar-refractivity contribution >= 4 is 28.9 Å². The monoisotopic (exact) mass is 348 g/mol. The highest BCUT2D eigenvalue weighted by molar-refractivity contribution is 7.14. The van der Waals surface area contributed by atoms with Gasteiger partial charge in [-0.2, -0.15) is 5.10 Å². The molecule has 0 saturated heterocycles. The predicted octanol–water partition coefficient (Wildman–Crippen LogP) is 1.68. The summed E-state index contributed by atoms with van der Waals surface area (Å²) in [4.78, 5) is 37.1. The molecule has 2 heterocycles. The number of thiophene rings is 1. The molecule has 0 aromatic carbocycles. The Morgan fingerprint density at radius 2 is 1.79 bits per heavy atom. The van der Waals surface area contributed by atoms with Gasteiger partial charge < -0.3 is 0 Å². The first-order chi connectivity index (χ1) is 11.3. The van der Waals surface area contributed by atoms with Crippen molar-refractivity contribution in [3.8, 4) is 0 Å². The van der Waals surface area contributed by atoms with Crippen LogP contribution in [0, 0.1) is 20.8 Å². The summed E-state index contributed by atoms with van der Waals surface area (Å²) in [6.45, 7) is 5.64. The Kier molecular flexibility index (Phi) is 5.86. The minimum absolute atomic E-state index is 0.0212. The van der Waals surface area contributed by atoms with Crippen LogP contribution in [0.3, 0.4) is 0 Å². The molecule has 128 valence electrons. The summed E-state index contributed by atoms with van der Waals surface area (Å²) in [5.41, 5.74) is 6.33. The molecule has 0 aliphatic heterocycles. The van der Waals surface area contributed by atoms with E-state index < -0.39 is 5.91 Å². The average Bonchev–Trinajstić information content (AvgIpc) is 3.08. The van der Waals surface area contributed by atoms with Crippen LogP contribution < -0.4 is 10.9 Å². The lowest BCUT2D eigenvalue weighted by atomic mass is 10.2. The van der Waals surface area contributed by atoms with Gasteiger partial charge in [-0.15, -0.1) is 11.3 Å². The van der Waals surface area contributed by atoms with Crippen molar-refractivity contribution in [2.75, 3.05) is 0 Å². The third kappa shape index (κ3) is 5.02. The van der Waals surface area contributed by atoms with Crippen LogP contribution in [0.1, 0.15) is 38.8 Å². The number of hydrogen-bond acceptors (Lipinski definition) is 5. The van der Waals surface area contributed by atoms with Crippen molar-refractivity contribution in [2.45, 2.75) is 40.2 Å². The maximum absolute atomic E-state index is 11.9. The molecular formula is C16H20N4O3S. The van der Waals surface area contributed by atoms with E-state index in [0.717, 1.165) is 16.3 Å². The molecule has 0 fully saturated rings. The van der Waals surface area contributed by atoms with Crippen LogP contribution in [-0.4, -0.2) is 27.4 Å². The first kappa shape index (κ1) is 17.9. The van der Waals surface area contributed by atoms with E-state index in [9.17, 15) is 14.4 Å². The summed E-state index contributed by atoms with van der Waals surface area (Å²) >= 11 is 1.41. The highest BCUT2D eigenvalue weighted by Gasteiger charge is 2.12. The molecule has 0 saturated carbocycles. The van der Waals surface area contributed by atoms with Crippen LogP contribution in [0.15, 0.2) is 18.2 Å². The number of hydrogen-bond donors (Lipinski definition) is 2.